The van der Waals surface area contributed by atoms with Crippen molar-refractivity contribution in [2.24, 2.45) is 11.3 Å². The van der Waals surface area contributed by atoms with Gasteiger partial charge in [-0.2, -0.15) is 0 Å². The molecule has 1 aliphatic carbocycles. The van der Waals surface area contributed by atoms with Crippen LogP contribution in [0.5, 0.6) is 11.5 Å². The van der Waals surface area contributed by atoms with Gasteiger partial charge in [0.1, 0.15) is 11.2 Å². The minimum atomic E-state index is -0.371. The summed E-state index contributed by atoms with van der Waals surface area (Å²) in [5.74, 6) is 1.04. The maximum absolute atomic E-state index is 13.0. The molecule has 2 atom stereocenters. The lowest BCUT2D eigenvalue weighted by atomic mass is 9.69. The van der Waals surface area contributed by atoms with Gasteiger partial charge in [0.15, 0.2) is 11.5 Å². The standard InChI is InChI=1S/C22H27BrN2O3S/c1-5-22(2,3)12-6-7-13-16(10-12)29-21-17(13)20(27)24-19(25-21)11-8-14(23)18(26)15(9-11)28-4/h8-9,12,19,25-26H,5-7,10H2,1-4H3,(H,24,27)/t12-,19+/m1/s1. The number of phenols is 1. The Labute approximate surface area is 184 Å². The van der Waals surface area contributed by atoms with Crippen molar-refractivity contribution >= 4 is 38.2 Å². The quantitative estimate of drug-likeness (QED) is 0.533. The third-order valence-electron chi connectivity index (χ3n) is 6.66. The number of amides is 1. The Hall–Kier alpha value is -1.73. The largest absolute Gasteiger partial charge is 0.503 e. The van der Waals surface area contributed by atoms with Crippen LogP contribution in [0, 0.1) is 11.3 Å². The summed E-state index contributed by atoms with van der Waals surface area (Å²) in [6.45, 7) is 6.97. The molecule has 0 spiro atoms. The molecule has 1 aromatic carbocycles. The number of phenolic OH excluding ortho intramolecular Hbond substituents is 1. The number of carbonyl (C=O) groups excluding carboxylic acids is 1. The van der Waals surface area contributed by atoms with Crippen molar-refractivity contribution in [2.45, 2.75) is 52.6 Å². The SMILES string of the molecule is CCC(C)(C)[C@@H]1CCc2c(sc3c2C(=O)N[C@H](c2cc(Br)c(O)c(OC)c2)N3)C1. The number of ether oxygens (including phenoxy) is 1. The molecule has 3 N–H and O–H groups in total. The van der Waals surface area contributed by atoms with E-state index in [4.69, 9.17) is 4.74 Å². The Morgan fingerprint density at radius 1 is 1.34 bits per heavy atom. The van der Waals surface area contributed by atoms with E-state index in [0.717, 1.165) is 41.8 Å². The predicted molar refractivity (Wildman–Crippen MR) is 120 cm³/mol. The molecule has 0 saturated heterocycles. The number of aromatic hydroxyl groups is 1. The van der Waals surface area contributed by atoms with Gasteiger partial charge in [-0.15, -0.1) is 11.3 Å². The third-order valence-corrected chi connectivity index (χ3v) is 8.45. The summed E-state index contributed by atoms with van der Waals surface area (Å²) in [7, 11) is 1.51. The van der Waals surface area contributed by atoms with E-state index in [-0.39, 0.29) is 17.8 Å². The first-order valence-corrected chi connectivity index (χ1v) is 11.6. The van der Waals surface area contributed by atoms with Gasteiger partial charge in [-0.05, 0) is 69.8 Å². The number of halogens is 1. The summed E-state index contributed by atoms with van der Waals surface area (Å²) in [4.78, 5) is 14.4. The highest BCUT2D eigenvalue weighted by Gasteiger charge is 2.37. The monoisotopic (exact) mass is 478 g/mol. The van der Waals surface area contributed by atoms with E-state index in [0.29, 0.717) is 21.6 Å². The van der Waals surface area contributed by atoms with Crippen molar-refractivity contribution in [3.63, 3.8) is 0 Å². The molecule has 0 saturated carbocycles. The molecular weight excluding hydrogens is 452 g/mol. The lowest BCUT2D eigenvalue weighted by Crippen LogP contribution is -2.38. The number of carbonyl (C=O) groups is 1. The van der Waals surface area contributed by atoms with E-state index in [1.165, 1.54) is 17.6 Å². The van der Waals surface area contributed by atoms with Crippen molar-refractivity contribution < 1.29 is 14.6 Å². The van der Waals surface area contributed by atoms with Gasteiger partial charge in [0, 0.05) is 4.88 Å². The van der Waals surface area contributed by atoms with E-state index < -0.39 is 0 Å². The van der Waals surface area contributed by atoms with Crippen LogP contribution >= 0.6 is 27.3 Å². The van der Waals surface area contributed by atoms with E-state index in [9.17, 15) is 9.90 Å². The highest BCUT2D eigenvalue weighted by molar-refractivity contribution is 9.10. The van der Waals surface area contributed by atoms with Gasteiger partial charge < -0.3 is 20.5 Å². The molecule has 0 unspecified atom stereocenters. The predicted octanol–water partition coefficient (Wildman–Crippen LogP) is 5.62. The molecule has 1 aliphatic heterocycles. The van der Waals surface area contributed by atoms with Crippen molar-refractivity contribution in [3.8, 4) is 11.5 Å². The van der Waals surface area contributed by atoms with Crippen LogP contribution in [0.15, 0.2) is 16.6 Å². The van der Waals surface area contributed by atoms with Gasteiger partial charge >= 0.3 is 0 Å². The molecular formula is C22H27BrN2O3S. The Morgan fingerprint density at radius 3 is 2.79 bits per heavy atom. The molecule has 0 radical (unpaired) electrons. The molecule has 0 fully saturated rings. The molecule has 2 aromatic rings. The molecule has 2 heterocycles. The number of hydrogen-bond acceptors (Lipinski definition) is 5. The minimum absolute atomic E-state index is 0.0300. The van der Waals surface area contributed by atoms with Crippen LogP contribution < -0.4 is 15.4 Å². The molecule has 7 heteroatoms. The molecule has 0 bridgehead atoms. The molecule has 1 aromatic heterocycles. The number of fused-ring (bicyclic) bond motifs is 3. The molecule has 2 aliphatic rings. The molecule has 5 nitrogen and oxygen atoms in total. The average molecular weight is 479 g/mol. The maximum Gasteiger partial charge on any atom is 0.256 e. The van der Waals surface area contributed by atoms with Crippen LogP contribution in [0.3, 0.4) is 0 Å². The van der Waals surface area contributed by atoms with E-state index in [1.807, 2.05) is 0 Å². The molecule has 4 rings (SSSR count). The van der Waals surface area contributed by atoms with Gasteiger partial charge in [-0.1, -0.05) is 27.2 Å². The average Bonchev–Trinajstić information content (AvgIpc) is 3.07. The lowest BCUT2D eigenvalue weighted by molar-refractivity contribution is 0.0934. The number of anilines is 1. The summed E-state index contributed by atoms with van der Waals surface area (Å²) in [6, 6.07) is 3.55. The van der Waals surface area contributed by atoms with Crippen molar-refractivity contribution in [1.29, 1.82) is 0 Å². The topological polar surface area (TPSA) is 70.6 Å². The fourth-order valence-corrected chi connectivity index (χ4v) is 6.15. The number of methoxy groups -OCH3 is 1. The Morgan fingerprint density at radius 2 is 2.10 bits per heavy atom. The van der Waals surface area contributed by atoms with Gasteiger partial charge in [0.2, 0.25) is 0 Å². The third kappa shape index (κ3) is 3.52. The van der Waals surface area contributed by atoms with Crippen LogP contribution in [0.25, 0.3) is 0 Å². The Kier molecular flexibility index (Phi) is 5.32. The molecule has 1 amide bonds. The zero-order valence-corrected chi connectivity index (χ0v) is 19.6. The zero-order chi connectivity index (χ0) is 20.9. The second kappa shape index (κ2) is 7.51. The maximum atomic E-state index is 13.0. The number of nitrogens with one attached hydrogen (secondary N) is 2. The first kappa shape index (κ1) is 20.5. The summed E-state index contributed by atoms with van der Waals surface area (Å²) >= 11 is 5.08. The summed E-state index contributed by atoms with van der Waals surface area (Å²) in [6.07, 6.45) is 3.94. The van der Waals surface area contributed by atoms with Gasteiger partial charge in [0.05, 0.1) is 17.1 Å². The second-order valence-electron chi connectivity index (χ2n) is 8.59. The first-order chi connectivity index (χ1) is 13.7. The van der Waals surface area contributed by atoms with Crippen molar-refractivity contribution in [3.05, 3.63) is 38.2 Å². The molecule has 156 valence electrons. The van der Waals surface area contributed by atoms with Crippen molar-refractivity contribution in [1.82, 2.24) is 5.32 Å². The number of benzene rings is 1. The number of rotatable bonds is 4. The lowest BCUT2D eigenvalue weighted by Gasteiger charge is -2.36. The fourth-order valence-electron chi connectivity index (χ4n) is 4.34. The van der Waals surface area contributed by atoms with Crippen molar-refractivity contribution in [2.75, 3.05) is 12.4 Å². The van der Waals surface area contributed by atoms with Crippen LogP contribution in [0.1, 0.15) is 66.1 Å². The van der Waals surface area contributed by atoms with Crippen LogP contribution in [-0.2, 0) is 12.8 Å². The van der Waals surface area contributed by atoms with Gasteiger partial charge in [-0.3, -0.25) is 4.79 Å². The normalized spacial score (nSPS) is 21.1. The van der Waals surface area contributed by atoms with Gasteiger partial charge in [0.25, 0.3) is 5.91 Å². The van der Waals surface area contributed by atoms with Crippen LogP contribution in [0.4, 0.5) is 5.00 Å². The van der Waals surface area contributed by atoms with E-state index in [1.54, 1.807) is 23.5 Å². The summed E-state index contributed by atoms with van der Waals surface area (Å²) < 4.78 is 5.79. The first-order valence-electron chi connectivity index (χ1n) is 10.0. The number of hydrogen-bond donors (Lipinski definition) is 3. The summed E-state index contributed by atoms with van der Waals surface area (Å²) in [5.41, 5.74) is 3.18. The summed E-state index contributed by atoms with van der Waals surface area (Å²) in [5, 5.41) is 17.6. The highest BCUT2D eigenvalue weighted by Crippen LogP contribution is 2.47. The highest BCUT2D eigenvalue weighted by atomic mass is 79.9. The number of thiophene rings is 1. The fraction of sp³-hybridized carbons (Fsp3) is 0.500. The Balaban J connectivity index is 1.65. The Bertz CT molecular complexity index is 969. The van der Waals surface area contributed by atoms with Crippen LogP contribution in [-0.4, -0.2) is 18.1 Å². The van der Waals surface area contributed by atoms with Crippen LogP contribution in [0.2, 0.25) is 0 Å². The molecule has 29 heavy (non-hydrogen) atoms. The van der Waals surface area contributed by atoms with Gasteiger partial charge in [-0.25, -0.2) is 0 Å². The van der Waals surface area contributed by atoms with E-state index in [2.05, 4.69) is 47.3 Å². The zero-order valence-electron chi connectivity index (χ0n) is 17.2. The second-order valence-corrected chi connectivity index (χ2v) is 10.6. The van der Waals surface area contributed by atoms with E-state index >= 15 is 0 Å². The smallest absolute Gasteiger partial charge is 0.256 e. The minimum Gasteiger partial charge on any atom is -0.503 e.